The lowest BCUT2D eigenvalue weighted by molar-refractivity contribution is -0.139. The molecule has 1 atom stereocenters. The number of sulfonamides is 1. The van der Waals surface area contributed by atoms with E-state index in [0.29, 0.717) is 5.02 Å². The van der Waals surface area contributed by atoms with Gasteiger partial charge < -0.3 is 15.0 Å². The Bertz CT molecular complexity index is 1700. The van der Waals surface area contributed by atoms with Crippen molar-refractivity contribution in [1.29, 1.82) is 0 Å². The zero-order chi connectivity index (χ0) is 31.9. The Hall–Kier alpha value is -4.34. The van der Waals surface area contributed by atoms with Crippen LogP contribution in [-0.2, 0) is 32.6 Å². The molecule has 10 heteroatoms. The molecule has 0 saturated carbocycles. The van der Waals surface area contributed by atoms with Crippen molar-refractivity contribution < 1.29 is 22.7 Å². The third kappa shape index (κ3) is 7.78. The van der Waals surface area contributed by atoms with Gasteiger partial charge in [-0.2, -0.15) is 0 Å². The van der Waals surface area contributed by atoms with E-state index >= 15 is 0 Å². The summed E-state index contributed by atoms with van der Waals surface area (Å²) < 4.78 is 35.1. The number of benzene rings is 4. The Morgan fingerprint density at radius 2 is 1.50 bits per heavy atom. The van der Waals surface area contributed by atoms with E-state index in [0.717, 1.165) is 26.6 Å². The summed E-state index contributed by atoms with van der Waals surface area (Å²) in [7, 11) is -1.29. The van der Waals surface area contributed by atoms with Crippen LogP contribution < -0.4 is 14.4 Å². The smallest absolute Gasteiger partial charge is 0.264 e. The van der Waals surface area contributed by atoms with Crippen molar-refractivity contribution in [3.63, 3.8) is 0 Å². The van der Waals surface area contributed by atoms with Crippen molar-refractivity contribution in [3.8, 4) is 5.75 Å². The Balaban J connectivity index is 1.83. The minimum atomic E-state index is -4.25. The molecule has 0 aliphatic rings. The number of carbonyl (C=O) groups is 2. The Labute approximate surface area is 264 Å². The predicted molar refractivity (Wildman–Crippen MR) is 173 cm³/mol. The number of carbonyl (C=O) groups excluding carboxylic acids is 2. The quantitative estimate of drug-likeness (QED) is 0.221. The number of amides is 2. The molecule has 8 nitrogen and oxygen atoms in total. The van der Waals surface area contributed by atoms with Crippen LogP contribution in [0.2, 0.25) is 5.02 Å². The molecule has 0 saturated heterocycles. The summed E-state index contributed by atoms with van der Waals surface area (Å²) in [5.74, 6) is -0.656. The lowest BCUT2D eigenvalue weighted by Crippen LogP contribution is -2.53. The van der Waals surface area contributed by atoms with E-state index in [1.807, 2.05) is 44.2 Å². The molecule has 230 valence electrons. The summed E-state index contributed by atoms with van der Waals surface area (Å²) in [6.07, 6.45) is 0.221. The molecule has 0 radical (unpaired) electrons. The minimum Gasteiger partial charge on any atom is -0.495 e. The SMILES string of the molecule is CNC(=O)C(Cc1ccccc1)N(Cc1ccc(Cl)cc1)C(=O)CN(c1cc(C)ccc1OC)S(=O)(=O)c1ccc(C)cc1. The van der Waals surface area contributed by atoms with Gasteiger partial charge >= 0.3 is 0 Å². The maximum absolute atomic E-state index is 14.4. The third-order valence-corrected chi connectivity index (χ3v) is 9.30. The molecule has 0 spiro atoms. The number of hydrogen-bond acceptors (Lipinski definition) is 5. The van der Waals surface area contributed by atoms with Crippen LogP contribution in [0, 0.1) is 13.8 Å². The summed E-state index contributed by atoms with van der Waals surface area (Å²) in [6.45, 7) is 3.16. The van der Waals surface area contributed by atoms with Crippen molar-refractivity contribution in [1.82, 2.24) is 10.2 Å². The molecule has 44 heavy (non-hydrogen) atoms. The number of likely N-dealkylation sites (N-methyl/N-ethyl adjacent to an activating group) is 1. The van der Waals surface area contributed by atoms with E-state index in [1.165, 1.54) is 31.2 Å². The first-order valence-electron chi connectivity index (χ1n) is 14.1. The molecule has 0 aliphatic heterocycles. The molecule has 0 fully saturated rings. The van der Waals surface area contributed by atoms with Gasteiger partial charge in [-0.25, -0.2) is 8.42 Å². The highest BCUT2D eigenvalue weighted by molar-refractivity contribution is 7.92. The largest absolute Gasteiger partial charge is 0.495 e. The highest BCUT2D eigenvalue weighted by atomic mass is 35.5. The van der Waals surface area contributed by atoms with E-state index in [9.17, 15) is 18.0 Å². The van der Waals surface area contributed by atoms with Gasteiger partial charge in [0.25, 0.3) is 10.0 Å². The number of halogens is 1. The van der Waals surface area contributed by atoms with E-state index in [4.69, 9.17) is 16.3 Å². The van der Waals surface area contributed by atoms with Crippen LogP contribution in [0.1, 0.15) is 22.3 Å². The molecule has 4 aromatic rings. The molecule has 4 aromatic carbocycles. The maximum atomic E-state index is 14.4. The number of aryl methyl sites for hydroxylation is 2. The van der Waals surface area contributed by atoms with Gasteiger partial charge in [-0.1, -0.05) is 77.8 Å². The normalized spacial score (nSPS) is 11.8. The van der Waals surface area contributed by atoms with Gasteiger partial charge in [0.2, 0.25) is 11.8 Å². The van der Waals surface area contributed by atoms with Gasteiger partial charge in [0.15, 0.2) is 0 Å². The number of anilines is 1. The highest BCUT2D eigenvalue weighted by Crippen LogP contribution is 2.34. The number of methoxy groups -OCH3 is 1. The molecule has 1 unspecified atom stereocenters. The number of nitrogens with zero attached hydrogens (tertiary/aromatic N) is 2. The maximum Gasteiger partial charge on any atom is 0.264 e. The van der Waals surface area contributed by atoms with E-state index in [1.54, 1.807) is 54.6 Å². The van der Waals surface area contributed by atoms with Crippen LogP contribution in [0.15, 0.2) is 102 Å². The molecular formula is C34H36ClN3O5S. The fourth-order valence-electron chi connectivity index (χ4n) is 4.85. The Kier molecular flexibility index (Phi) is 10.7. The first-order valence-corrected chi connectivity index (χ1v) is 15.9. The summed E-state index contributed by atoms with van der Waals surface area (Å²) in [5.41, 5.74) is 3.46. The van der Waals surface area contributed by atoms with Crippen LogP contribution in [0.5, 0.6) is 5.75 Å². The summed E-state index contributed by atoms with van der Waals surface area (Å²) in [5, 5.41) is 3.21. The van der Waals surface area contributed by atoms with Crippen molar-refractivity contribution in [2.24, 2.45) is 0 Å². The zero-order valence-corrected chi connectivity index (χ0v) is 26.7. The topological polar surface area (TPSA) is 96.0 Å². The van der Waals surface area contributed by atoms with Crippen LogP contribution >= 0.6 is 11.6 Å². The van der Waals surface area contributed by atoms with Crippen molar-refractivity contribution in [3.05, 3.63) is 124 Å². The molecule has 4 rings (SSSR count). The lowest BCUT2D eigenvalue weighted by atomic mass is 10.0. The van der Waals surface area contributed by atoms with Gasteiger partial charge in [0, 0.05) is 25.0 Å². The summed E-state index contributed by atoms with van der Waals surface area (Å²) in [4.78, 5) is 29.3. The van der Waals surface area contributed by atoms with Crippen LogP contribution in [0.25, 0.3) is 0 Å². The first kappa shape index (κ1) is 32.6. The number of ether oxygens (including phenoxy) is 1. The fraction of sp³-hybridized carbons (Fsp3) is 0.235. The lowest BCUT2D eigenvalue weighted by Gasteiger charge is -2.34. The van der Waals surface area contributed by atoms with Crippen molar-refractivity contribution in [2.75, 3.05) is 25.0 Å². The minimum absolute atomic E-state index is 0.0239. The van der Waals surface area contributed by atoms with Crippen LogP contribution in [0.4, 0.5) is 5.69 Å². The van der Waals surface area contributed by atoms with Gasteiger partial charge in [0.1, 0.15) is 18.3 Å². The average molecular weight is 634 g/mol. The molecule has 0 heterocycles. The van der Waals surface area contributed by atoms with Crippen molar-refractivity contribution >= 4 is 39.1 Å². The monoisotopic (exact) mass is 633 g/mol. The second-order valence-corrected chi connectivity index (χ2v) is 12.8. The Morgan fingerprint density at radius 3 is 2.11 bits per heavy atom. The van der Waals surface area contributed by atoms with Crippen molar-refractivity contribution in [2.45, 2.75) is 37.8 Å². The van der Waals surface area contributed by atoms with E-state index < -0.39 is 28.5 Å². The Morgan fingerprint density at radius 1 is 0.864 bits per heavy atom. The van der Waals surface area contributed by atoms with E-state index in [-0.39, 0.29) is 35.2 Å². The van der Waals surface area contributed by atoms with Gasteiger partial charge in [-0.3, -0.25) is 13.9 Å². The first-order chi connectivity index (χ1) is 21.0. The second kappa shape index (κ2) is 14.4. The second-order valence-electron chi connectivity index (χ2n) is 10.5. The number of hydrogen-bond donors (Lipinski definition) is 1. The van der Waals surface area contributed by atoms with E-state index in [2.05, 4.69) is 5.32 Å². The van der Waals surface area contributed by atoms with Crippen LogP contribution in [0.3, 0.4) is 0 Å². The summed E-state index contributed by atoms with van der Waals surface area (Å²) >= 11 is 6.12. The molecule has 1 N–H and O–H groups in total. The van der Waals surface area contributed by atoms with Gasteiger partial charge in [-0.15, -0.1) is 0 Å². The summed E-state index contributed by atoms with van der Waals surface area (Å²) in [6, 6.07) is 27.0. The number of nitrogens with one attached hydrogen (secondary N) is 1. The molecule has 2 amide bonds. The number of rotatable bonds is 12. The van der Waals surface area contributed by atoms with Gasteiger partial charge in [0.05, 0.1) is 17.7 Å². The van der Waals surface area contributed by atoms with Crippen LogP contribution in [-0.4, -0.2) is 51.9 Å². The molecule has 0 aliphatic carbocycles. The molecule has 0 aromatic heterocycles. The molecule has 0 bridgehead atoms. The zero-order valence-electron chi connectivity index (χ0n) is 25.2. The molecular weight excluding hydrogens is 598 g/mol. The fourth-order valence-corrected chi connectivity index (χ4v) is 6.40. The average Bonchev–Trinajstić information content (AvgIpc) is 3.02. The van der Waals surface area contributed by atoms with Gasteiger partial charge in [-0.05, 0) is 66.9 Å². The standard InChI is InChI=1S/C34H36ClN3O5S/c1-24-10-17-29(18-11-24)44(41,42)38(30-20-25(2)12-19-32(30)43-4)23-33(39)37(22-27-13-15-28(35)16-14-27)31(34(40)36-3)21-26-8-6-5-7-9-26/h5-20,31H,21-23H2,1-4H3,(H,36,40). The predicted octanol–water partition coefficient (Wildman–Crippen LogP) is 5.55. The highest BCUT2D eigenvalue weighted by Gasteiger charge is 2.35. The third-order valence-electron chi connectivity index (χ3n) is 7.27.